The average Bonchev–Trinajstić information content (AvgIpc) is 2.54. The SMILES string of the molecule is C[C@H](C=O)[C@H]1CC[C@H]2[CH]CCC[C@]21C. The van der Waals surface area contributed by atoms with Gasteiger partial charge in [-0.1, -0.05) is 20.3 Å². The summed E-state index contributed by atoms with van der Waals surface area (Å²) in [5.41, 5.74) is 0.443. The van der Waals surface area contributed by atoms with Crippen LogP contribution in [-0.2, 0) is 4.79 Å². The van der Waals surface area contributed by atoms with Gasteiger partial charge in [0.15, 0.2) is 0 Å². The Morgan fingerprint density at radius 3 is 3.00 bits per heavy atom. The molecule has 2 fully saturated rings. The highest BCUT2D eigenvalue weighted by molar-refractivity contribution is 5.53. The van der Waals surface area contributed by atoms with Crippen molar-refractivity contribution in [3.63, 3.8) is 0 Å². The minimum absolute atomic E-state index is 0.261. The van der Waals surface area contributed by atoms with Crippen LogP contribution < -0.4 is 0 Å². The van der Waals surface area contributed by atoms with Crippen molar-refractivity contribution in [1.82, 2.24) is 0 Å². The lowest BCUT2D eigenvalue weighted by Gasteiger charge is -2.41. The van der Waals surface area contributed by atoms with Crippen molar-refractivity contribution in [3.8, 4) is 0 Å². The molecule has 14 heavy (non-hydrogen) atoms. The van der Waals surface area contributed by atoms with Gasteiger partial charge in [-0.05, 0) is 49.4 Å². The molecule has 0 amide bonds. The molecule has 0 unspecified atom stereocenters. The highest BCUT2D eigenvalue weighted by Gasteiger charge is 2.48. The summed E-state index contributed by atoms with van der Waals surface area (Å²) in [4.78, 5) is 10.9. The molecule has 0 bridgehead atoms. The van der Waals surface area contributed by atoms with E-state index in [0.29, 0.717) is 11.3 Å². The van der Waals surface area contributed by atoms with Crippen molar-refractivity contribution in [2.45, 2.75) is 46.0 Å². The molecule has 1 heteroatoms. The molecule has 0 aromatic carbocycles. The Hall–Kier alpha value is -0.330. The highest BCUT2D eigenvalue weighted by Crippen LogP contribution is 2.56. The lowest BCUT2D eigenvalue weighted by atomic mass is 9.63. The quantitative estimate of drug-likeness (QED) is 0.615. The number of carbonyl (C=O) groups excluding carboxylic acids is 1. The van der Waals surface area contributed by atoms with Gasteiger partial charge in [0.25, 0.3) is 0 Å². The van der Waals surface area contributed by atoms with Crippen LogP contribution >= 0.6 is 0 Å². The van der Waals surface area contributed by atoms with Gasteiger partial charge < -0.3 is 4.79 Å². The molecule has 1 nitrogen and oxygen atoms in total. The smallest absolute Gasteiger partial charge is 0.123 e. The predicted octanol–water partition coefficient (Wildman–Crippen LogP) is 3.24. The van der Waals surface area contributed by atoms with Gasteiger partial charge in [0, 0.05) is 5.92 Å². The summed E-state index contributed by atoms with van der Waals surface area (Å²) in [5.74, 6) is 1.70. The summed E-state index contributed by atoms with van der Waals surface area (Å²) >= 11 is 0. The molecule has 0 heterocycles. The maximum atomic E-state index is 10.9. The average molecular weight is 193 g/mol. The minimum Gasteiger partial charge on any atom is -0.303 e. The molecule has 0 aromatic heterocycles. The van der Waals surface area contributed by atoms with Gasteiger partial charge in [0.05, 0.1) is 0 Å². The Balaban J connectivity index is 2.16. The molecule has 0 saturated heterocycles. The number of fused-ring (bicyclic) bond motifs is 1. The molecule has 79 valence electrons. The van der Waals surface area contributed by atoms with E-state index in [1.54, 1.807) is 0 Å². The Labute approximate surface area is 87.3 Å². The van der Waals surface area contributed by atoms with Crippen LogP contribution in [0.25, 0.3) is 0 Å². The van der Waals surface area contributed by atoms with E-state index in [2.05, 4.69) is 20.3 Å². The first kappa shape index (κ1) is 10.2. The second-order valence-corrected chi connectivity index (χ2v) is 5.42. The number of hydrogen-bond acceptors (Lipinski definition) is 1. The van der Waals surface area contributed by atoms with E-state index in [1.807, 2.05) is 0 Å². The Bertz CT molecular complexity index is 223. The van der Waals surface area contributed by atoms with Crippen LogP contribution in [0.3, 0.4) is 0 Å². The second-order valence-electron chi connectivity index (χ2n) is 5.42. The van der Waals surface area contributed by atoms with E-state index >= 15 is 0 Å². The van der Waals surface area contributed by atoms with Gasteiger partial charge in [-0.15, -0.1) is 0 Å². The van der Waals surface area contributed by atoms with Gasteiger partial charge in [-0.25, -0.2) is 0 Å². The summed E-state index contributed by atoms with van der Waals surface area (Å²) < 4.78 is 0. The molecule has 1 radical (unpaired) electrons. The summed E-state index contributed by atoms with van der Waals surface area (Å²) in [6, 6.07) is 0. The van der Waals surface area contributed by atoms with E-state index < -0.39 is 0 Å². The van der Waals surface area contributed by atoms with Crippen molar-refractivity contribution in [2.75, 3.05) is 0 Å². The van der Waals surface area contributed by atoms with Crippen LogP contribution in [0, 0.1) is 29.6 Å². The van der Waals surface area contributed by atoms with Crippen molar-refractivity contribution < 1.29 is 4.79 Å². The highest BCUT2D eigenvalue weighted by atomic mass is 16.1. The van der Waals surface area contributed by atoms with Crippen molar-refractivity contribution in [3.05, 3.63) is 6.42 Å². The summed E-state index contributed by atoms with van der Waals surface area (Å²) in [6.07, 6.45) is 10.2. The molecule has 4 atom stereocenters. The van der Waals surface area contributed by atoms with Gasteiger partial charge in [0.1, 0.15) is 6.29 Å². The monoisotopic (exact) mass is 193 g/mol. The zero-order valence-corrected chi connectivity index (χ0v) is 9.33. The van der Waals surface area contributed by atoms with Crippen LogP contribution in [0.15, 0.2) is 0 Å². The maximum Gasteiger partial charge on any atom is 0.123 e. The lowest BCUT2D eigenvalue weighted by Crippen LogP contribution is -2.35. The van der Waals surface area contributed by atoms with Gasteiger partial charge in [-0.2, -0.15) is 0 Å². The first-order valence-electron chi connectivity index (χ1n) is 5.97. The van der Waals surface area contributed by atoms with Gasteiger partial charge in [0.2, 0.25) is 0 Å². The van der Waals surface area contributed by atoms with Crippen LogP contribution in [0.5, 0.6) is 0 Å². The minimum atomic E-state index is 0.261. The molecule has 2 aliphatic rings. The standard InChI is InChI=1S/C13H21O/c1-10(9-14)12-7-6-11-5-3-4-8-13(11,12)2/h5,9-12H,3-4,6-8H2,1-2H3/t10-,11-,12-,13-/m1/s1. The van der Waals surface area contributed by atoms with E-state index in [0.717, 1.165) is 12.2 Å². The largest absolute Gasteiger partial charge is 0.303 e. The third kappa shape index (κ3) is 1.41. The predicted molar refractivity (Wildman–Crippen MR) is 57.7 cm³/mol. The van der Waals surface area contributed by atoms with E-state index in [-0.39, 0.29) is 5.92 Å². The number of rotatable bonds is 2. The molecule has 0 N–H and O–H groups in total. The molecule has 2 saturated carbocycles. The van der Waals surface area contributed by atoms with Crippen LogP contribution in [-0.4, -0.2) is 6.29 Å². The summed E-state index contributed by atoms with van der Waals surface area (Å²) in [7, 11) is 0. The molecule has 0 aliphatic heterocycles. The summed E-state index contributed by atoms with van der Waals surface area (Å²) in [6.45, 7) is 4.50. The molecular weight excluding hydrogens is 172 g/mol. The topological polar surface area (TPSA) is 17.1 Å². The zero-order valence-electron chi connectivity index (χ0n) is 9.33. The lowest BCUT2D eigenvalue weighted by molar-refractivity contribution is -0.113. The Kier molecular flexibility index (Phi) is 2.68. The van der Waals surface area contributed by atoms with Gasteiger partial charge in [-0.3, -0.25) is 0 Å². The zero-order chi connectivity index (χ0) is 10.2. The second kappa shape index (κ2) is 3.67. The molecular formula is C13H21O. The van der Waals surface area contributed by atoms with Crippen molar-refractivity contribution >= 4 is 6.29 Å². The number of aldehydes is 1. The fourth-order valence-electron chi connectivity index (χ4n) is 3.81. The van der Waals surface area contributed by atoms with Crippen LogP contribution in [0.4, 0.5) is 0 Å². The number of carbonyl (C=O) groups is 1. The maximum absolute atomic E-state index is 10.9. The first-order valence-corrected chi connectivity index (χ1v) is 5.97. The van der Waals surface area contributed by atoms with Crippen LogP contribution in [0.1, 0.15) is 46.0 Å². The fourth-order valence-corrected chi connectivity index (χ4v) is 3.81. The first-order chi connectivity index (χ1) is 6.68. The molecule has 2 rings (SSSR count). The third-order valence-electron chi connectivity index (χ3n) is 4.70. The van der Waals surface area contributed by atoms with Crippen molar-refractivity contribution in [1.29, 1.82) is 0 Å². The van der Waals surface area contributed by atoms with Gasteiger partial charge >= 0.3 is 0 Å². The molecule has 0 aromatic rings. The molecule has 2 aliphatic carbocycles. The van der Waals surface area contributed by atoms with Crippen LogP contribution in [0.2, 0.25) is 0 Å². The summed E-state index contributed by atoms with van der Waals surface area (Å²) in [5, 5.41) is 0. The van der Waals surface area contributed by atoms with Crippen molar-refractivity contribution in [2.24, 2.45) is 23.2 Å². The Morgan fingerprint density at radius 1 is 1.50 bits per heavy atom. The van der Waals surface area contributed by atoms with E-state index in [1.165, 1.54) is 32.1 Å². The third-order valence-corrected chi connectivity index (χ3v) is 4.70. The number of hydrogen-bond donors (Lipinski definition) is 0. The normalized spacial score (nSPS) is 44.4. The molecule has 0 spiro atoms. The van der Waals surface area contributed by atoms with E-state index in [9.17, 15) is 4.79 Å². The Morgan fingerprint density at radius 2 is 2.29 bits per heavy atom. The fraction of sp³-hybridized carbons (Fsp3) is 0.846. The van der Waals surface area contributed by atoms with E-state index in [4.69, 9.17) is 0 Å².